The molecule has 0 saturated carbocycles. The minimum absolute atomic E-state index is 0.0576. The molecule has 0 heterocycles. The first-order chi connectivity index (χ1) is 9.92. The summed E-state index contributed by atoms with van der Waals surface area (Å²) in [5, 5.41) is 10.0. The number of fused-ring (bicyclic) bond motifs is 1. The molecule has 0 saturated heterocycles. The second-order valence-electron chi connectivity index (χ2n) is 4.95. The summed E-state index contributed by atoms with van der Waals surface area (Å²) in [5.74, 6) is -3.96. The Hall–Kier alpha value is -1.68. The highest BCUT2D eigenvalue weighted by Gasteiger charge is 2.32. The third-order valence-corrected chi connectivity index (χ3v) is 3.73. The molecule has 112 valence electrons. The molecule has 5 heteroatoms. The van der Waals surface area contributed by atoms with Crippen molar-refractivity contribution in [1.82, 2.24) is 0 Å². The number of rotatable bonds is 6. The fourth-order valence-corrected chi connectivity index (χ4v) is 2.57. The van der Waals surface area contributed by atoms with Crippen molar-refractivity contribution in [2.75, 3.05) is 0 Å². The quantitative estimate of drug-likeness (QED) is 0.741. The van der Waals surface area contributed by atoms with Gasteiger partial charge in [-0.2, -0.15) is 0 Å². The van der Waals surface area contributed by atoms with Crippen LogP contribution in [0.15, 0.2) is 36.4 Å². The van der Waals surface area contributed by atoms with Crippen molar-refractivity contribution >= 4 is 28.3 Å². The molecule has 2 nitrogen and oxygen atoms in total. The van der Waals surface area contributed by atoms with Crippen molar-refractivity contribution in [3.63, 3.8) is 0 Å². The average Bonchev–Trinajstić information content (AvgIpc) is 2.44. The minimum Gasteiger partial charge on any atom is -0.481 e. The normalized spacial score (nSPS) is 11.8. The Morgan fingerprint density at radius 1 is 1.10 bits per heavy atom. The summed E-state index contributed by atoms with van der Waals surface area (Å²) in [4.78, 5) is 10.4. The number of halogens is 3. The van der Waals surface area contributed by atoms with Gasteiger partial charge in [0.1, 0.15) is 0 Å². The van der Waals surface area contributed by atoms with Crippen LogP contribution in [-0.2, 0) is 10.7 Å². The van der Waals surface area contributed by atoms with Crippen molar-refractivity contribution in [1.29, 1.82) is 0 Å². The van der Waals surface area contributed by atoms with Crippen LogP contribution < -0.4 is 0 Å². The number of aliphatic carboxylic acids is 1. The lowest BCUT2D eigenvalue weighted by molar-refractivity contribution is -0.137. The van der Waals surface area contributed by atoms with Crippen molar-refractivity contribution in [3.05, 3.63) is 47.0 Å². The summed E-state index contributed by atoms with van der Waals surface area (Å²) in [5.41, 5.74) is -0.0576. The maximum Gasteiger partial charge on any atom is 0.303 e. The lowest BCUT2D eigenvalue weighted by Crippen LogP contribution is -2.14. The second-order valence-corrected chi connectivity index (χ2v) is 5.35. The van der Waals surface area contributed by atoms with Gasteiger partial charge in [0.2, 0.25) is 0 Å². The summed E-state index contributed by atoms with van der Waals surface area (Å²) in [6, 6.07) is 9.61. The van der Waals surface area contributed by atoms with Gasteiger partial charge in [-0.3, -0.25) is 4.79 Å². The first-order valence-electron chi connectivity index (χ1n) is 6.69. The predicted molar refractivity (Wildman–Crippen MR) is 79.0 cm³/mol. The number of carboxylic acids is 1. The Morgan fingerprint density at radius 2 is 1.76 bits per heavy atom. The molecule has 0 atom stereocenters. The number of carbonyl (C=O) groups is 1. The molecule has 0 amide bonds. The van der Waals surface area contributed by atoms with Gasteiger partial charge in [0, 0.05) is 28.8 Å². The number of benzene rings is 2. The molecule has 0 bridgehead atoms. The molecular weight excluding hydrogens is 298 g/mol. The van der Waals surface area contributed by atoms with E-state index in [2.05, 4.69) is 0 Å². The van der Waals surface area contributed by atoms with Gasteiger partial charge in [0.15, 0.2) is 0 Å². The second kappa shape index (κ2) is 6.39. The van der Waals surface area contributed by atoms with Gasteiger partial charge in [-0.05, 0) is 24.3 Å². The molecule has 0 spiro atoms. The Labute approximate surface area is 126 Å². The van der Waals surface area contributed by atoms with E-state index in [1.165, 1.54) is 12.1 Å². The van der Waals surface area contributed by atoms with Crippen LogP contribution in [-0.4, -0.2) is 11.1 Å². The van der Waals surface area contributed by atoms with Crippen LogP contribution in [0.25, 0.3) is 10.8 Å². The predicted octanol–water partition coefficient (Wildman–Crippen LogP) is 5.23. The number of unbranched alkanes of at least 4 members (excludes halogenated alkanes) is 1. The number of alkyl halides is 2. The number of hydrogen-bond donors (Lipinski definition) is 1. The molecule has 2 aromatic carbocycles. The maximum atomic E-state index is 14.4. The molecule has 2 aromatic rings. The Bertz CT molecular complexity index is 656. The standard InChI is InChI=1S/C16H15ClF2O2/c17-14-9-8-13(11-5-1-2-6-12(11)14)16(18,19)10-4-3-7-15(20)21/h1-2,5-6,8-9H,3-4,7,10H2,(H,20,21). The van der Waals surface area contributed by atoms with E-state index in [9.17, 15) is 13.6 Å². The Kier molecular flexibility index (Phi) is 4.78. The maximum absolute atomic E-state index is 14.4. The lowest BCUT2D eigenvalue weighted by atomic mass is 9.96. The molecule has 0 fully saturated rings. The van der Waals surface area contributed by atoms with Crippen LogP contribution in [0, 0.1) is 0 Å². The molecule has 1 N–H and O–H groups in total. The molecular formula is C16H15ClF2O2. The van der Waals surface area contributed by atoms with E-state index in [1.54, 1.807) is 24.3 Å². The molecule has 0 aliphatic rings. The topological polar surface area (TPSA) is 37.3 Å². The zero-order valence-electron chi connectivity index (χ0n) is 11.3. The van der Waals surface area contributed by atoms with Crippen LogP contribution in [0.1, 0.15) is 31.2 Å². The van der Waals surface area contributed by atoms with Crippen molar-refractivity contribution in [2.45, 2.75) is 31.6 Å². The van der Waals surface area contributed by atoms with Crippen molar-refractivity contribution in [3.8, 4) is 0 Å². The van der Waals surface area contributed by atoms with Crippen LogP contribution in [0.2, 0.25) is 5.02 Å². The van der Waals surface area contributed by atoms with Gasteiger partial charge in [0.25, 0.3) is 5.92 Å². The van der Waals surface area contributed by atoms with E-state index < -0.39 is 11.9 Å². The molecule has 0 aliphatic heterocycles. The van der Waals surface area contributed by atoms with Crippen LogP contribution in [0.5, 0.6) is 0 Å². The smallest absolute Gasteiger partial charge is 0.303 e. The van der Waals surface area contributed by atoms with Gasteiger partial charge in [-0.1, -0.05) is 41.9 Å². The first-order valence-corrected chi connectivity index (χ1v) is 7.07. The number of carboxylic acid groups (broad SMARTS) is 1. The van der Waals surface area contributed by atoms with Crippen molar-refractivity contribution in [2.24, 2.45) is 0 Å². The third-order valence-electron chi connectivity index (χ3n) is 3.40. The Balaban J connectivity index is 2.23. The van der Waals surface area contributed by atoms with Gasteiger partial charge < -0.3 is 5.11 Å². The zero-order chi connectivity index (χ0) is 15.5. The highest BCUT2D eigenvalue weighted by atomic mass is 35.5. The first kappa shape index (κ1) is 15.7. The van der Waals surface area contributed by atoms with Crippen molar-refractivity contribution < 1.29 is 18.7 Å². The molecule has 0 unspecified atom stereocenters. The average molecular weight is 313 g/mol. The minimum atomic E-state index is -3.00. The van der Waals surface area contributed by atoms with Gasteiger partial charge in [-0.15, -0.1) is 0 Å². The van der Waals surface area contributed by atoms with Gasteiger partial charge >= 0.3 is 5.97 Å². The third kappa shape index (κ3) is 3.70. The lowest BCUT2D eigenvalue weighted by Gasteiger charge is -2.19. The van der Waals surface area contributed by atoms with E-state index >= 15 is 0 Å². The van der Waals surface area contributed by atoms with E-state index in [1.807, 2.05) is 0 Å². The molecule has 0 aliphatic carbocycles. The largest absolute Gasteiger partial charge is 0.481 e. The fourth-order valence-electron chi connectivity index (χ4n) is 2.34. The summed E-state index contributed by atoms with van der Waals surface area (Å²) < 4.78 is 28.7. The monoisotopic (exact) mass is 312 g/mol. The molecule has 21 heavy (non-hydrogen) atoms. The summed E-state index contributed by atoms with van der Waals surface area (Å²) in [6.07, 6.45) is -0.0456. The zero-order valence-corrected chi connectivity index (χ0v) is 12.0. The highest BCUT2D eigenvalue weighted by Crippen LogP contribution is 2.39. The van der Waals surface area contributed by atoms with Crippen LogP contribution in [0.4, 0.5) is 8.78 Å². The van der Waals surface area contributed by atoms with E-state index in [0.717, 1.165) is 0 Å². The molecule has 2 rings (SSSR count). The Morgan fingerprint density at radius 3 is 2.43 bits per heavy atom. The van der Waals surface area contributed by atoms with Gasteiger partial charge in [0.05, 0.1) is 0 Å². The van der Waals surface area contributed by atoms with E-state index in [0.29, 0.717) is 15.8 Å². The summed E-state index contributed by atoms with van der Waals surface area (Å²) in [7, 11) is 0. The van der Waals surface area contributed by atoms with E-state index in [4.69, 9.17) is 16.7 Å². The summed E-state index contributed by atoms with van der Waals surface area (Å²) >= 11 is 6.03. The van der Waals surface area contributed by atoms with Gasteiger partial charge in [-0.25, -0.2) is 8.78 Å². The molecule has 0 radical (unpaired) electrons. The fraction of sp³-hybridized carbons (Fsp3) is 0.312. The van der Waals surface area contributed by atoms with E-state index in [-0.39, 0.29) is 31.2 Å². The molecule has 0 aromatic heterocycles. The highest BCUT2D eigenvalue weighted by molar-refractivity contribution is 6.35. The summed E-state index contributed by atoms with van der Waals surface area (Å²) in [6.45, 7) is 0. The van der Waals surface area contributed by atoms with Crippen LogP contribution in [0.3, 0.4) is 0 Å². The number of hydrogen-bond acceptors (Lipinski definition) is 1. The SMILES string of the molecule is O=C(O)CCCCC(F)(F)c1ccc(Cl)c2ccccc12. The van der Waals surface area contributed by atoms with Crippen LogP contribution >= 0.6 is 11.6 Å².